The van der Waals surface area contributed by atoms with E-state index in [2.05, 4.69) is 10.2 Å². The molecular weight excluding hydrogens is 263 g/mol. The van der Waals surface area contributed by atoms with Crippen LogP contribution in [0.2, 0.25) is 0 Å². The maximum absolute atomic E-state index is 11.8. The summed E-state index contributed by atoms with van der Waals surface area (Å²) in [5.74, 6) is 0.142. The van der Waals surface area contributed by atoms with Crippen LogP contribution in [0.25, 0.3) is 0 Å². The summed E-state index contributed by atoms with van der Waals surface area (Å²) in [6.45, 7) is -1.89. The lowest BCUT2D eigenvalue weighted by Gasteiger charge is -2.09. The number of anilines is 1. The van der Waals surface area contributed by atoms with E-state index in [4.69, 9.17) is 5.73 Å². The van der Waals surface area contributed by atoms with Gasteiger partial charge in [0.1, 0.15) is 12.4 Å². The summed E-state index contributed by atoms with van der Waals surface area (Å²) in [6, 6.07) is 0. The number of hydrogen-bond donors (Lipinski definition) is 4. The van der Waals surface area contributed by atoms with Crippen LogP contribution in [0.3, 0.4) is 0 Å². The summed E-state index contributed by atoms with van der Waals surface area (Å²) < 4.78 is 60.7. The molecule has 1 aromatic rings. The molecule has 0 radical (unpaired) electrons. The standard InChI is InChI=1S/C6H10F3N5O2S/c7-6(8,9)3-13-17(15,16)12-2-4-1-11-14-5(4)10/h1,12-13H,2-3H2,(H3,10,11,14). The molecule has 1 rings (SSSR count). The van der Waals surface area contributed by atoms with Gasteiger partial charge in [0.05, 0.1) is 6.20 Å². The number of nitrogen functional groups attached to an aromatic ring is 1. The summed E-state index contributed by atoms with van der Waals surface area (Å²) in [5.41, 5.74) is 5.70. The van der Waals surface area contributed by atoms with Crippen molar-refractivity contribution in [1.29, 1.82) is 0 Å². The zero-order valence-electron chi connectivity index (χ0n) is 8.37. The van der Waals surface area contributed by atoms with E-state index in [1.165, 1.54) is 10.9 Å². The second-order valence-electron chi connectivity index (χ2n) is 3.07. The Hall–Kier alpha value is -1.33. The van der Waals surface area contributed by atoms with Gasteiger partial charge in [-0.3, -0.25) is 5.10 Å². The molecule has 1 aromatic heterocycles. The number of alkyl halides is 3. The number of aromatic amines is 1. The fourth-order valence-electron chi connectivity index (χ4n) is 0.863. The lowest BCUT2D eigenvalue weighted by atomic mass is 10.3. The van der Waals surface area contributed by atoms with Crippen LogP contribution in [0, 0.1) is 0 Å². The Balaban J connectivity index is 2.48. The highest BCUT2D eigenvalue weighted by Crippen LogP contribution is 2.12. The molecule has 0 amide bonds. The van der Waals surface area contributed by atoms with E-state index in [9.17, 15) is 21.6 Å². The first-order valence-electron chi connectivity index (χ1n) is 4.28. The number of nitrogens with zero attached hydrogens (tertiary/aromatic N) is 1. The summed E-state index contributed by atoms with van der Waals surface area (Å²) in [7, 11) is -4.22. The first-order valence-corrected chi connectivity index (χ1v) is 5.77. The number of nitrogens with two attached hydrogens (primary N) is 1. The quantitative estimate of drug-likeness (QED) is 0.578. The molecule has 17 heavy (non-hydrogen) atoms. The fourth-order valence-corrected chi connectivity index (χ4v) is 1.66. The molecule has 0 unspecified atom stereocenters. The highest BCUT2D eigenvalue weighted by Gasteiger charge is 2.29. The first-order chi connectivity index (χ1) is 7.70. The zero-order valence-corrected chi connectivity index (χ0v) is 9.19. The average Bonchev–Trinajstić information content (AvgIpc) is 2.58. The molecule has 0 saturated carbocycles. The summed E-state index contributed by atoms with van der Waals surface area (Å²) in [6.07, 6.45) is -3.34. The second-order valence-corrected chi connectivity index (χ2v) is 4.65. The fraction of sp³-hybridized carbons (Fsp3) is 0.500. The molecule has 0 saturated heterocycles. The topological polar surface area (TPSA) is 113 Å². The molecule has 0 fully saturated rings. The van der Waals surface area contributed by atoms with Crippen LogP contribution in [-0.4, -0.2) is 31.3 Å². The normalized spacial score (nSPS) is 12.9. The van der Waals surface area contributed by atoms with Gasteiger partial charge in [-0.1, -0.05) is 0 Å². The van der Waals surface area contributed by atoms with Crippen LogP contribution < -0.4 is 15.2 Å². The Morgan fingerprint density at radius 1 is 1.41 bits per heavy atom. The molecule has 0 aliphatic rings. The molecule has 0 bridgehead atoms. The molecule has 0 atom stereocenters. The SMILES string of the molecule is Nc1[nH]ncc1CNS(=O)(=O)NCC(F)(F)F. The number of H-pyrrole nitrogens is 1. The van der Waals surface area contributed by atoms with Gasteiger partial charge >= 0.3 is 6.18 Å². The van der Waals surface area contributed by atoms with Crippen molar-refractivity contribution in [3.63, 3.8) is 0 Å². The van der Waals surface area contributed by atoms with E-state index in [1.807, 2.05) is 4.72 Å². The van der Waals surface area contributed by atoms with E-state index in [1.54, 1.807) is 0 Å². The predicted octanol–water partition coefficient (Wildman–Crippen LogP) is -0.522. The van der Waals surface area contributed by atoms with Crippen molar-refractivity contribution >= 4 is 16.0 Å². The minimum Gasteiger partial charge on any atom is -0.384 e. The van der Waals surface area contributed by atoms with Gasteiger partial charge in [0.25, 0.3) is 10.2 Å². The third-order valence-corrected chi connectivity index (χ3v) is 2.72. The smallest absolute Gasteiger partial charge is 0.384 e. The van der Waals surface area contributed by atoms with Crippen molar-refractivity contribution in [2.45, 2.75) is 12.7 Å². The van der Waals surface area contributed by atoms with Crippen LogP contribution in [-0.2, 0) is 16.8 Å². The second kappa shape index (κ2) is 4.89. The molecule has 98 valence electrons. The predicted molar refractivity (Wildman–Crippen MR) is 52.8 cm³/mol. The first kappa shape index (κ1) is 13.7. The van der Waals surface area contributed by atoms with Crippen molar-refractivity contribution in [1.82, 2.24) is 19.6 Å². The summed E-state index contributed by atoms with van der Waals surface area (Å²) in [4.78, 5) is 0. The molecule has 0 aliphatic heterocycles. The minimum absolute atomic E-state index is 0.142. The van der Waals surface area contributed by atoms with Crippen molar-refractivity contribution in [2.75, 3.05) is 12.3 Å². The maximum Gasteiger partial charge on any atom is 0.402 e. The van der Waals surface area contributed by atoms with Crippen LogP contribution >= 0.6 is 0 Å². The molecule has 1 heterocycles. The van der Waals surface area contributed by atoms with Gasteiger partial charge in [-0.15, -0.1) is 0 Å². The third-order valence-electron chi connectivity index (χ3n) is 1.67. The van der Waals surface area contributed by atoms with E-state index in [0.29, 0.717) is 5.56 Å². The summed E-state index contributed by atoms with van der Waals surface area (Å²) >= 11 is 0. The van der Waals surface area contributed by atoms with Gasteiger partial charge in [-0.05, 0) is 0 Å². The summed E-state index contributed by atoms with van der Waals surface area (Å²) in [5, 5.41) is 5.88. The number of hydrogen-bond acceptors (Lipinski definition) is 4. The lowest BCUT2D eigenvalue weighted by molar-refractivity contribution is -0.121. The van der Waals surface area contributed by atoms with Crippen molar-refractivity contribution < 1.29 is 21.6 Å². The molecule has 0 spiro atoms. The molecule has 0 aliphatic carbocycles. The Kier molecular flexibility index (Phi) is 3.95. The van der Waals surface area contributed by atoms with Crippen LogP contribution in [0.15, 0.2) is 6.20 Å². The largest absolute Gasteiger partial charge is 0.402 e. The van der Waals surface area contributed by atoms with Crippen molar-refractivity contribution in [3.8, 4) is 0 Å². The Bertz CT molecular complexity index is 468. The van der Waals surface area contributed by atoms with E-state index in [0.717, 1.165) is 0 Å². The monoisotopic (exact) mass is 273 g/mol. The molecular formula is C6H10F3N5O2S. The number of halogens is 3. The van der Waals surface area contributed by atoms with Crippen LogP contribution in [0.5, 0.6) is 0 Å². The van der Waals surface area contributed by atoms with Gasteiger partial charge < -0.3 is 5.73 Å². The minimum atomic E-state index is -4.61. The van der Waals surface area contributed by atoms with Gasteiger partial charge in [0.2, 0.25) is 0 Å². The maximum atomic E-state index is 11.8. The Morgan fingerprint density at radius 2 is 2.06 bits per heavy atom. The van der Waals surface area contributed by atoms with Gasteiger partial charge in [-0.25, -0.2) is 0 Å². The molecule has 7 nitrogen and oxygen atoms in total. The van der Waals surface area contributed by atoms with Crippen LogP contribution in [0.4, 0.5) is 19.0 Å². The van der Waals surface area contributed by atoms with Crippen molar-refractivity contribution in [2.24, 2.45) is 0 Å². The number of nitrogens with one attached hydrogen (secondary N) is 3. The lowest BCUT2D eigenvalue weighted by Crippen LogP contribution is -2.41. The number of aromatic nitrogens is 2. The number of rotatable bonds is 5. The Morgan fingerprint density at radius 3 is 2.53 bits per heavy atom. The van der Waals surface area contributed by atoms with Gasteiger partial charge in [0, 0.05) is 12.1 Å². The van der Waals surface area contributed by atoms with E-state index in [-0.39, 0.29) is 12.4 Å². The Labute approximate surface area is 94.8 Å². The van der Waals surface area contributed by atoms with Gasteiger partial charge in [0.15, 0.2) is 0 Å². The van der Waals surface area contributed by atoms with E-state index >= 15 is 0 Å². The molecule has 0 aromatic carbocycles. The average molecular weight is 273 g/mol. The molecule has 11 heteroatoms. The third kappa shape index (κ3) is 5.01. The van der Waals surface area contributed by atoms with Crippen molar-refractivity contribution in [3.05, 3.63) is 11.8 Å². The van der Waals surface area contributed by atoms with Crippen LogP contribution in [0.1, 0.15) is 5.56 Å². The zero-order chi connectivity index (χ0) is 13.1. The van der Waals surface area contributed by atoms with Gasteiger partial charge in [-0.2, -0.15) is 36.1 Å². The highest BCUT2D eigenvalue weighted by atomic mass is 32.2. The molecule has 5 N–H and O–H groups in total. The highest BCUT2D eigenvalue weighted by molar-refractivity contribution is 7.87. The van der Waals surface area contributed by atoms with E-state index < -0.39 is 22.9 Å².